The van der Waals surface area contributed by atoms with Crippen molar-refractivity contribution in [1.29, 1.82) is 0 Å². The van der Waals surface area contributed by atoms with Crippen LogP contribution < -0.4 is 21.8 Å². The van der Waals surface area contributed by atoms with Crippen molar-refractivity contribution in [1.82, 2.24) is 5.09 Å². The van der Waals surface area contributed by atoms with Gasteiger partial charge in [-0.2, -0.15) is 0 Å². The van der Waals surface area contributed by atoms with Crippen LogP contribution in [0.2, 0.25) is 0 Å². The number of carbonyl (C=O) groups is 1. The third-order valence-corrected chi connectivity index (χ3v) is 1.61. The summed E-state index contributed by atoms with van der Waals surface area (Å²) in [6, 6.07) is -0.763. The lowest BCUT2D eigenvalue weighted by Crippen LogP contribution is -2.40. The number of amides is 1. The Morgan fingerprint density at radius 1 is 1.60 bits per heavy atom. The first kappa shape index (κ1) is 9.58. The third-order valence-electron chi connectivity index (χ3n) is 0.822. The summed E-state index contributed by atoms with van der Waals surface area (Å²) in [6.45, 7) is 1.43. The zero-order valence-electron chi connectivity index (χ0n) is 5.57. The molecule has 0 saturated carbocycles. The lowest BCUT2D eigenvalue weighted by molar-refractivity contribution is -0.119. The molecule has 0 heterocycles. The number of rotatable bonds is 3. The monoisotopic (exact) mass is 166 g/mol. The Kier molecular flexibility index (Phi) is 2.98. The van der Waals surface area contributed by atoms with Gasteiger partial charge in [0.1, 0.15) is 0 Å². The molecule has 0 aliphatic rings. The maximum Gasteiger partial charge on any atom is 0.274 e. The van der Waals surface area contributed by atoms with E-state index in [9.17, 15) is 9.36 Å². The summed E-state index contributed by atoms with van der Waals surface area (Å²) in [5.74, 6) is -0.642. The molecule has 0 aliphatic carbocycles. The molecule has 0 aliphatic heterocycles. The molecule has 0 aromatic carbocycles. The summed E-state index contributed by atoms with van der Waals surface area (Å²) in [4.78, 5) is 10.3. The minimum atomic E-state index is -3.33. The van der Waals surface area contributed by atoms with Crippen LogP contribution in [-0.4, -0.2) is 11.9 Å². The molecule has 7 heteroatoms. The Hall–Kier alpha value is -0.420. The van der Waals surface area contributed by atoms with Crippen LogP contribution in [0.3, 0.4) is 0 Å². The Morgan fingerprint density at radius 2 is 2.00 bits per heavy atom. The quantitative estimate of drug-likeness (QED) is 0.379. The predicted octanol–water partition coefficient (Wildman–Crippen LogP) is -1.52. The van der Waals surface area contributed by atoms with E-state index in [0.717, 1.165) is 0 Å². The molecular weight excluding hydrogens is 155 g/mol. The van der Waals surface area contributed by atoms with Crippen LogP contribution in [-0.2, 0) is 9.36 Å². The number of carbonyl (C=O) groups excluding carboxylic acids is 1. The number of nitrogens with one attached hydrogen (secondary N) is 1. The number of hydrogen-bond donors (Lipinski definition) is 4. The summed E-state index contributed by atoms with van der Waals surface area (Å²) in [5, 5.41) is 2.16. The molecular formula is C3H11N4O2P. The van der Waals surface area contributed by atoms with Crippen LogP contribution in [0, 0.1) is 0 Å². The Labute approximate surface area is 58.7 Å². The second-order valence-electron chi connectivity index (χ2n) is 1.96. The second kappa shape index (κ2) is 3.12. The van der Waals surface area contributed by atoms with Crippen LogP contribution >= 0.6 is 7.59 Å². The molecule has 0 aromatic rings. The Balaban J connectivity index is 3.93. The third kappa shape index (κ3) is 4.46. The molecule has 10 heavy (non-hydrogen) atoms. The largest absolute Gasteiger partial charge is 0.368 e. The molecule has 0 fully saturated rings. The maximum absolute atomic E-state index is 10.6. The van der Waals surface area contributed by atoms with Crippen molar-refractivity contribution >= 4 is 13.5 Å². The second-order valence-corrected chi connectivity index (χ2v) is 3.64. The van der Waals surface area contributed by atoms with Gasteiger partial charge in [-0.15, -0.1) is 0 Å². The van der Waals surface area contributed by atoms with E-state index in [1.165, 1.54) is 6.92 Å². The first-order valence-electron chi connectivity index (χ1n) is 2.57. The SMILES string of the molecule is CC(NP(N)(N)=O)C(N)=O. The van der Waals surface area contributed by atoms with Crippen molar-refractivity contribution in [3.63, 3.8) is 0 Å². The van der Waals surface area contributed by atoms with Gasteiger partial charge in [0.2, 0.25) is 5.91 Å². The van der Waals surface area contributed by atoms with Crippen LogP contribution in [0.25, 0.3) is 0 Å². The van der Waals surface area contributed by atoms with Gasteiger partial charge in [0, 0.05) is 0 Å². The van der Waals surface area contributed by atoms with Gasteiger partial charge in [-0.05, 0) is 6.92 Å². The van der Waals surface area contributed by atoms with E-state index in [1.54, 1.807) is 0 Å². The highest BCUT2D eigenvalue weighted by molar-refractivity contribution is 7.56. The van der Waals surface area contributed by atoms with Gasteiger partial charge < -0.3 is 5.73 Å². The highest BCUT2D eigenvalue weighted by Crippen LogP contribution is 2.17. The molecule has 1 unspecified atom stereocenters. The molecule has 7 N–H and O–H groups in total. The van der Waals surface area contributed by atoms with Gasteiger partial charge in [0.05, 0.1) is 6.04 Å². The normalized spacial score (nSPS) is 14.7. The summed E-state index contributed by atoms with van der Waals surface area (Å²) in [6.07, 6.45) is 0. The summed E-state index contributed by atoms with van der Waals surface area (Å²) in [7, 11) is -3.33. The summed E-state index contributed by atoms with van der Waals surface area (Å²) >= 11 is 0. The minimum Gasteiger partial charge on any atom is -0.368 e. The zero-order chi connectivity index (χ0) is 8.36. The first-order chi connectivity index (χ1) is 4.33. The fourth-order valence-electron chi connectivity index (χ4n) is 0.366. The van der Waals surface area contributed by atoms with Crippen LogP contribution in [0.5, 0.6) is 0 Å². The van der Waals surface area contributed by atoms with Crippen LogP contribution in [0.1, 0.15) is 6.92 Å². The Bertz CT molecular complexity index is 175. The van der Waals surface area contributed by atoms with E-state index >= 15 is 0 Å². The smallest absolute Gasteiger partial charge is 0.274 e. The number of hydrogen-bond acceptors (Lipinski definition) is 2. The highest BCUT2D eigenvalue weighted by atomic mass is 31.2. The fourth-order valence-corrected chi connectivity index (χ4v) is 1.10. The van der Waals surface area contributed by atoms with Gasteiger partial charge in [-0.3, -0.25) is 20.4 Å². The molecule has 0 bridgehead atoms. The Morgan fingerprint density at radius 3 is 2.10 bits per heavy atom. The standard InChI is InChI=1S/C3H11N4O2P/c1-2(3(4)8)7-10(5,6)9/h2H,1H3,(H2,4,8)(H5,5,6,7,9). The van der Waals surface area contributed by atoms with Crippen molar-refractivity contribution in [2.45, 2.75) is 13.0 Å². The summed E-state index contributed by atoms with van der Waals surface area (Å²) in [5.41, 5.74) is 14.6. The topological polar surface area (TPSA) is 124 Å². The first-order valence-corrected chi connectivity index (χ1v) is 4.42. The van der Waals surface area contributed by atoms with Gasteiger partial charge in [-0.1, -0.05) is 0 Å². The molecule has 1 amide bonds. The van der Waals surface area contributed by atoms with E-state index in [2.05, 4.69) is 5.09 Å². The average molecular weight is 166 g/mol. The van der Waals surface area contributed by atoms with Gasteiger partial charge in [-0.25, -0.2) is 5.09 Å². The highest BCUT2D eigenvalue weighted by Gasteiger charge is 2.16. The molecule has 1 atom stereocenters. The van der Waals surface area contributed by atoms with Gasteiger partial charge in [0.15, 0.2) is 0 Å². The van der Waals surface area contributed by atoms with E-state index < -0.39 is 19.5 Å². The van der Waals surface area contributed by atoms with Crippen molar-refractivity contribution in [2.24, 2.45) is 16.7 Å². The molecule has 0 radical (unpaired) electrons. The zero-order valence-corrected chi connectivity index (χ0v) is 6.47. The molecule has 60 valence electrons. The van der Waals surface area contributed by atoms with Crippen molar-refractivity contribution < 1.29 is 9.36 Å². The number of primary amides is 1. The van der Waals surface area contributed by atoms with E-state index in [0.29, 0.717) is 0 Å². The van der Waals surface area contributed by atoms with Gasteiger partial charge in [0.25, 0.3) is 7.59 Å². The lowest BCUT2D eigenvalue weighted by atomic mass is 10.4. The minimum absolute atomic E-state index is 0.642. The maximum atomic E-state index is 10.6. The average Bonchev–Trinajstić information content (AvgIpc) is 1.60. The molecule has 0 spiro atoms. The molecule has 0 rings (SSSR count). The fraction of sp³-hybridized carbons (Fsp3) is 0.667. The van der Waals surface area contributed by atoms with Crippen molar-refractivity contribution in [3.8, 4) is 0 Å². The van der Waals surface area contributed by atoms with Crippen molar-refractivity contribution in [2.75, 3.05) is 0 Å². The van der Waals surface area contributed by atoms with Crippen LogP contribution in [0.15, 0.2) is 0 Å². The van der Waals surface area contributed by atoms with E-state index in [-0.39, 0.29) is 0 Å². The van der Waals surface area contributed by atoms with Crippen LogP contribution in [0.4, 0.5) is 0 Å². The van der Waals surface area contributed by atoms with Gasteiger partial charge >= 0.3 is 0 Å². The lowest BCUT2D eigenvalue weighted by Gasteiger charge is -2.12. The summed E-state index contributed by atoms with van der Waals surface area (Å²) < 4.78 is 10.6. The van der Waals surface area contributed by atoms with E-state index in [4.69, 9.17) is 16.7 Å². The molecule has 0 aromatic heterocycles. The molecule has 0 saturated heterocycles. The molecule has 6 nitrogen and oxygen atoms in total. The number of nitrogens with two attached hydrogens (primary N) is 3. The predicted molar refractivity (Wildman–Crippen MR) is 37.8 cm³/mol. The van der Waals surface area contributed by atoms with Crippen molar-refractivity contribution in [3.05, 3.63) is 0 Å². The van der Waals surface area contributed by atoms with E-state index in [1.807, 2.05) is 0 Å².